The van der Waals surface area contributed by atoms with Gasteiger partial charge in [0.1, 0.15) is 0 Å². The molecule has 0 radical (unpaired) electrons. The third kappa shape index (κ3) is 5.26. The summed E-state index contributed by atoms with van der Waals surface area (Å²) < 4.78 is 0. The van der Waals surface area contributed by atoms with E-state index in [1.807, 2.05) is 0 Å². The van der Waals surface area contributed by atoms with Crippen molar-refractivity contribution in [1.82, 2.24) is 4.90 Å². The Balaban J connectivity index is 0.943. The summed E-state index contributed by atoms with van der Waals surface area (Å²) in [6.45, 7) is 6.92. The first-order valence-electron chi connectivity index (χ1n) is 21.7. The van der Waals surface area contributed by atoms with Gasteiger partial charge in [-0.3, -0.25) is 4.90 Å². The summed E-state index contributed by atoms with van der Waals surface area (Å²) >= 11 is 0. The van der Waals surface area contributed by atoms with Crippen molar-refractivity contribution < 1.29 is 15.3 Å². The molecule has 0 aromatic heterocycles. The normalized spacial score (nSPS) is 49.8. The molecular weight excluding hydrogens is 639 g/mol. The minimum atomic E-state index is -0.615. The van der Waals surface area contributed by atoms with Crippen molar-refractivity contribution in [2.45, 2.75) is 127 Å². The highest BCUT2D eigenvalue weighted by Crippen LogP contribution is 2.74. The predicted octanol–water partition coefficient (Wildman–Crippen LogP) is 8.66. The lowest BCUT2D eigenvalue weighted by molar-refractivity contribution is -0.189. The minimum absolute atomic E-state index is 0.0333. The van der Waals surface area contributed by atoms with Gasteiger partial charge in [0.15, 0.2) is 0 Å². The van der Waals surface area contributed by atoms with Crippen LogP contribution in [0.4, 0.5) is 0 Å². The molecule has 52 heavy (non-hydrogen) atoms. The molecule has 10 rings (SSSR count). The number of hydrogen-bond acceptors (Lipinski definition) is 4. The predicted molar refractivity (Wildman–Crippen MR) is 207 cm³/mol. The highest BCUT2D eigenvalue weighted by molar-refractivity contribution is 5.27. The van der Waals surface area contributed by atoms with Crippen LogP contribution in [-0.4, -0.2) is 57.2 Å². The first-order valence-corrected chi connectivity index (χ1v) is 21.7. The molecule has 6 aliphatic carbocycles. The second-order valence-corrected chi connectivity index (χ2v) is 20.4. The topological polar surface area (TPSA) is 63.9 Å². The van der Waals surface area contributed by atoms with Crippen molar-refractivity contribution in [3.63, 3.8) is 0 Å². The van der Waals surface area contributed by atoms with Crippen LogP contribution in [-0.2, 0) is 6.42 Å². The standard InChI is InChI=1S/C48H65NO3/c1-30-15-18-42-46(2,52)39-17-16-35-37-24-41(50)40-25-43(51)47(29-48(40)20-9-14-36(45(37)48)44(35)38(39)28-49(42)27-30)21-19-32(26-47)23-34(33-12-7-4-8-13-33)22-31-10-5-3-6-11-31/h3-14,30,32,34-45,50-52H,15-29H2,1-2H3/t30-,32+,34+,35-,36+,37-,38-,39-,40+,41+,42-,43-,44-,45+,46+,47-,48-/m1/s1. The second-order valence-electron chi connectivity index (χ2n) is 20.4. The molecule has 4 nitrogen and oxygen atoms in total. The molecule has 2 saturated heterocycles. The molecule has 4 heteroatoms. The Morgan fingerprint density at radius 1 is 0.846 bits per heavy atom. The first kappa shape index (κ1) is 34.5. The van der Waals surface area contributed by atoms with Gasteiger partial charge < -0.3 is 15.3 Å². The average Bonchev–Trinajstić information content (AvgIpc) is 3.69. The van der Waals surface area contributed by atoms with E-state index in [4.69, 9.17) is 0 Å². The van der Waals surface area contributed by atoms with Crippen molar-refractivity contribution in [2.75, 3.05) is 13.1 Å². The Morgan fingerprint density at radius 3 is 2.44 bits per heavy atom. The van der Waals surface area contributed by atoms with Crippen LogP contribution >= 0.6 is 0 Å². The molecule has 2 heterocycles. The molecular formula is C48H65NO3. The van der Waals surface area contributed by atoms with Crippen LogP contribution in [0.3, 0.4) is 0 Å². The number of aliphatic hydroxyl groups excluding tert-OH is 2. The summed E-state index contributed by atoms with van der Waals surface area (Å²) in [5, 5.41) is 36.8. The summed E-state index contributed by atoms with van der Waals surface area (Å²) in [6.07, 6.45) is 19.0. The Morgan fingerprint density at radius 2 is 1.63 bits per heavy atom. The fourth-order valence-corrected chi connectivity index (χ4v) is 16.3. The average molecular weight is 704 g/mol. The van der Waals surface area contributed by atoms with E-state index in [2.05, 4.69) is 91.6 Å². The lowest BCUT2D eigenvalue weighted by Gasteiger charge is -2.63. The van der Waals surface area contributed by atoms with E-state index in [-0.39, 0.29) is 29.0 Å². The monoisotopic (exact) mass is 703 g/mol. The lowest BCUT2D eigenvalue weighted by atomic mass is 9.42. The Kier molecular flexibility index (Phi) is 8.49. The molecule has 2 aromatic rings. The van der Waals surface area contributed by atoms with E-state index in [1.54, 1.807) is 0 Å². The molecule has 2 aliphatic heterocycles. The molecule has 0 unspecified atom stereocenters. The number of fused-ring (bicyclic) bond motifs is 6. The molecule has 8 aliphatic rings. The maximum absolute atomic E-state index is 12.4. The van der Waals surface area contributed by atoms with Gasteiger partial charge in [0.05, 0.1) is 17.8 Å². The number of nitrogens with zero attached hydrogens (tertiary/aromatic N) is 1. The van der Waals surface area contributed by atoms with Crippen LogP contribution < -0.4 is 0 Å². The summed E-state index contributed by atoms with van der Waals surface area (Å²) in [6, 6.07) is 22.6. The third-order valence-corrected chi connectivity index (χ3v) is 18.0. The summed E-state index contributed by atoms with van der Waals surface area (Å²) in [5.41, 5.74) is 2.31. The molecule has 2 spiro atoms. The first-order chi connectivity index (χ1) is 25.2. The van der Waals surface area contributed by atoms with Crippen molar-refractivity contribution in [2.24, 2.45) is 70.0 Å². The fraction of sp³-hybridized carbons (Fsp3) is 0.708. The van der Waals surface area contributed by atoms with Gasteiger partial charge in [-0.25, -0.2) is 0 Å². The van der Waals surface area contributed by atoms with Crippen LogP contribution in [0.1, 0.15) is 108 Å². The van der Waals surface area contributed by atoms with Crippen LogP contribution in [0.5, 0.6) is 0 Å². The van der Waals surface area contributed by atoms with Crippen LogP contribution in [0.25, 0.3) is 0 Å². The highest BCUT2D eigenvalue weighted by atomic mass is 16.3. The number of aliphatic hydroxyl groups is 3. The summed E-state index contributed by atoms with van der Waals surface area (Å²) in [7, 11) is 0. The number of hydrogen-bond donors (Lipinski definition) is 3. The number of rotatable bonds is 5. The molecule has 0 bridgehead atoms. The van der Waals surface area contributed by atoms with Gasteiger partial charge in [-0.15, -0.1) is 0 Å². The van der Waals surface area contributed by atoms with Crippen LogP contribution in [0.2, 0.25) is 0 Å². The van der Waals surface area contributed by atoms with E-state index in [0.717, 1.165) is 70.9 Å². The van der Waals surface area contributed by atoms with Gasteiger partial charge in [-0.05, 0) is 177 Å². The van der Waals surface area contributed by atoms with E-state index in [9.17, 15) is 15.3 Å². The maximum Gasteiger partial charge on any atom is 0.0805 e. The fourth-order valence-electron chi connectivity index (χ4n) is 16.3. The van der Waals surface area contributed by atoms with Gasteiger partial charge in [0.25, 0.3) is 0 Å². The Hall–Kier alpha value is -1.98. The van der Waals surface area contributed by atoms with E-state index < -0.39 is 5.60 Å². The Labute approximate surface area is 313 Å². The SMILES string of the molecule is C[C@@H]1CC[C@H]2N(C1)C[C@H]1[C@H]3[C@@H]4C=CC[C@@]56C[C@]7(CC[C@@H](C[C@H](Cc8ccccc8)c8ccccc8)C7)[C@H](O)C[C@H]5[C@@H](O)C[C@H]([C@H]3CC[C@H]1[C@]2(C)O)[C@H]46. The zero-order valence-electron chi connectivity index (χ0n) is 31.9. The number of benzene rings is 2. The van der Waals surface area contributed by atoms with Gasteiger partial charge >= 0.3 is 0 Å². The van der Waals surface area contributed by atoms with Gasteiger partial charge in [0.2, 0.25) is 0 Å². The largest absolute Gasteiger partial charge is 0.393 e. The minimum Gasteiger partial charge on any atom is -0.393 e. The molecule has 280 valence electrons. The van der Waals surface area contributed by atoms with Gasteiger partial charge in [0, 0.05) is 19.1 Å². The number of piperidine rings is 2. The maximum atomic E-state index is 12.4. The van der Waals surface area contributed by atoms with Crippen molar-refractivity contribution in [3.05, 3.63) is 83.9 Å². The number of allylic oxidation sites excluding steroid dienone is 2. The van der Waals surface area contributed by atoms with E-state index >= 15 is 0 Å². The molecule has 17 atom stereocenters. The smallest absolute Gasteiger partial charge is 0.0805 e. The Bertz CT molecular complexity index is 1620. The van der Waals surface area contributed by atoms with E-state index in [1.165, 1.54) is 36.8 Å². The van der Waals surface area contributed by atoms with Crippen molar-refractivity contribution in [3.8, 4) is 0 Å². The van der Waals surface area contributed by atoms with Crippen LogP contribution in [0, 0.1) is 70.0 Å². The van der Waals surface area contributed by atoms with Gasteiger partial charge in [-0.1, -0.05) is 79.7 Å². The lowest BCUT2D eigenvalue weighted by Crippen LogP contribution is -2.67. The molecule has 3 N–H and O–H groups in total. The summed E-state index contributed by atoms with van der Waals surface area (Å²) in [4.78, 5) is 2.73. The molecule has 7 fully saturated rings. The molecule has 2 aromatic carbocycles. The van der Waals surface area contributed by atoms with Crippen LogP contribution in [0.15, 0.2) is 72.8 Å². The molecule has 0 amide bonds. The summed E-state index contributed by atoms with van der Waals surface area (Å²) in [5.74, 6) is 5.96. The van der Waals surface area contributed by atoms with Crippen molar-refractivity contribution >= 4 is 0 Å². The zero-order valence-corrected chi connectivity index (χ0v) is 31.9. The zero-order chi connectivity index (χ0) is 35.4. The highest BCUT2D eigenvalue weighted by Gasteiger charge is 2.71. The van der Waals surface area contributed by atoms with Gasteiger partial charge in [-0.2, -0.15) is 0 Å². The second kappa shape index (κ2) is 12.8. The molecule has 5 saturated carbocycles. The van der Waals surface area contributed by atoms with Crippen molar-refractivity contribution in [1.29, 1.82) is 0 Å². The third-order valence-electron chi connectivity index (χ3n) is 18.0. The van der Waals surface area contributed by atoms with E-state index in [0.29, 0.717) is 65.2 Å². The quantitative estimate of drug-likeness (QED) is 0.273.